The van der Waals surface area contributed by atoms with E-state index in [1.807, 2.05) is 36.4 Å². The molecule has 1 amide bonds. The molecule has 0 radical (unpaired) electrons. The molecule has 0 spiro atoms. The fraction of sp³-hybridized carbons (Fsp3) is 0.125. The van der Waals surface area contributed by atoms with Crippen LogP contribution in [-0.2, 0) is 11.2 Å². The number of carbonyl (C=O) groups excluding carboxylic acids is 1. The highest BCUT2D eigenvalue weighted by Crippen LogP contribution is 2.25. The van der Waals surface area contributed by atoms with Crippen LogP contribution in [0.15, 0.2) is 46.9 Å². The quantitative estimate of drug-likeness (QED) is 0.858. The lowest BCUT2D eigenvalue weighted by Gasteiger charge is -2.18. The first-order valence-electron chi connectivity index (χ1n) is 6.50. The van der Waals surface area contributed by atoms with Gasteiger partial charge in [-0.15, -0.1) is 0 Å². The summed E-state index contributed by atoms with van der Waals surface area (Å²) in [7, 11) is 0. The minimum atomic E-state index is -0.753. The highest BCUT2D eigenvalue weighted by Gasteiger charge is 2.18. The summed E-state index contributed by atoms with van der Waals surface area (Å²) in [6, 6.07) is 13.0. The SMILES string of the molecule is N#Cc1cc(F)c(NC(Cc2ccccc2)C(N)=O)cc1Br. The zero-order chi connectivity index (χ0) is 16.1. The van der Waals surface area contributed by atoms with Gasteiger partial charge in [0.2, 0.25) is 5.91 Å². The Morgan fingerprint density at radius 1 is 1.36 bits per heavy atom. The van der Waals surface area contributed by atoms with Crippen molar-refractivity contribution in [1.82, 2.24) is 0 Å². The Morgan fingerprint density at radius 2 is 2.05 bits per heavy atom. The predicted octanol–water partition coefficient (Wildman–Crippen LogP) is 2.97. The number of rotatable bonds is 5. The minimum Gasteiger partial charge on any atom is -0.371 e. The van der Waals surface area contributed by atoms with Crippen LogP contribution in [0.4, 0.5) is 10.1 Å². The second-order valence-electron chi connectivity index (χ2n) is 4.71. The molecule has 6 heteroatoms. The van der Waals surface area contributed by atoms with Gasteiger partial charge in [-0.25, -0.2) is 4.39 Å². The van der Waals surface area contributed by atoms with Gasteiger partial charge in [0.15, 0.2) is 0 Å². The van der Waals surface area contributed by atoms with E-state index in [1.165, 1.54) is 6.07 Å². The van der Waals surface area contributed by atoms with Crippen molar-refractivity contribution in [2.75, 3.05) is 5.32 Å². The van der Waals surface area contributed by atoms with Gasteiger partial charge in [0.25, 0.3) is 0 Å². The van der Waals surface area contributed by atoms with Crippen LogP contribution in [0.2, 0.25) is 0 Å². The van der Waals surface area contributed by atoms with E-state index < -0.39 is 17.8 Å². The summed E-state index contributed by atoms with van der Waals surface area (Å²) in [5.74, 6) is -1.19. The van der Waals surface area contributed by atoms with Crippen LogP contribution >= 0.6 is 15.9 Å². The number of nitriles is 1. The Balaban J connectivity index is 2.24. The van der Waals surface area contributed by atoms with Crippen molar-refractivity contribution in [3.8, 4) is 6.07 Å². The molecule has 0 aliphatic rings. The highest BCUT2D eigenvalue weighted by atomic mass is 79.9. The van der Waals surface area contributed by atoms with Crippen LogP contribution < -0.4 is 11.1 Å². The third kappa shape index (κ3) is 3.83. The Hall–Kier alpha value is -2.39. The first-order valence-corrected chi connectivity index (χ1v) is 7.29. The maximum atomic E-state index is 14.0. The van der Waals surface area contributed by atoms with Crippen LogP contribution in [0, 0.1) is 17.1 Å². The van der Waals surface area contributed by atoms with Gasteiger partial charge < -0.3 is 11.1 Å². The van der Waals surface area contributed by atoms with Gasteiger partial charge in [0.1, 0.15) is 17.9 Å². The number of carbonyl (C=O) groups is 1. The lowest BCUT2D eigenvalue weighted by molar-refractivity contribution is -0.118. The van der Waals surface area contributed by atoms with Crippen molar-refractivity contribution in [1.29, 1.82) is 5.26 Å². The van der Waals surface area contributed by atoms with Gasteiger partial charge in [0, 0.05) is 10.9 Å². The molecule has 0 heterocycles. The lowest BCUT2D eigenvalue weighted by Crippen LogP contribution is -2.37. The number of nitrogens with zero attached hydrogens (tertiary/aromatic N) is 1. The average Bonchev–Trinajstić information content (AvgIpc) is 2.50. The summed E-state index contributed by atoms with van der Waals surface area (Å²) in [5.41, 5.74) is 6.60. The van der Waals surface area contributed by atoms with Crippen LogP contribution in [-0.4, -0.2) is 11.9 Å². The number of anilines is 1. The maximum absolute atomic E-state index is 14.0. The first-order chi connectivity index (χ1) is 10.5. The van der Waals surface area contributed by atoms with Gasteiger partial charge in [-0.05, 0) is 33.6 Å². The number of amides is 1. The summed E-state index contributed by atoms with van der Waals surface area (Å²) in [6.07, 6.45) is 0.341. The van der Waals surface area contributed by atoms with Crippen molar-refractivity contribution in [2.24, 2.45) is 5.73 Å². The molecule has 0 fully saturated rings. The molecule has 0 aliphatic carbocycles. The molecule has 2 rings (SSSR count). The second-order valence-corrected chi connectivity index (χ2v) is 5.57. The topological polar surface area (TPSA) is 78.9 Å². The van der Waals surface area contributed by atoms with E-state index in [2.05, 4.69) is 21.2 Å². The molecule has 3 N–H and O–H groups in total. The number of nitrogens with one attached hydrogen (secondary N) is 1. The first kappa shape index (κ1) is 16.0. The van der Waals surface area contributed by atoms with E-state index >= 15 is 0 Å². The van der Waals surface area contributed by atoms with Crippen LogP contribution in [0.25, 0.3) is 0 Å². The van der Waals surface area contributed by atoms with Crippen LogP contribution in [0.1, 0.15) is 11.1 Å². The molecule has 0 aliphatic heterocycles. The van der Waals surface area contributed by atoms with Gasteiger partial charge >= 0.3 is 0 Å². The van der Waals surface area contributed by atoms with E-state index in [0.29, 0.717) is 10.9 Å². The number of hydrogen-bond donors (Lipinski definition) is 2. The second kappa shape index (κ2) is 7.05. The van der Waals surface area contributed by atoms with Crippen molar-refractivity contribution >= 4 is 27.5 Å². The normalized spacial score (nSPS) is 11.5. The zero-order valence-corrected chi connectivity index (χ0v) is 13.1. The number of primary amides is 1. The molecular weight excluding hydrogens is 349 g/mol. The van der Waals surface area contributed by atoms with Gasteiger partial charge in [-0.1, -0.05) is 30.3 Å². The highest BCUT2D eigenvalue weighted by molar-refractivity contribution is 9.10. The molecule has 1 atom stereocenters. The molecule has 0 aromatic heterocycles. The standard InChI is InChI=1S/C16H13BrFN3O/c17-12-8-14(13(18)7-11(12)9-19)21-15(16(20)22)6-10-4-2-1-3-5-10/h1-5,7-8,15,21H,6H2,(H2,20,22). The predicted molar refractivity (Wildman–Crippen MR) is 85.6 cm³/mol. The smallest absolute Gasteiger partial charge is 0.240 e. The number of nitrogens with two attached hydrogens (primary N) is 1. The largest absolute Gasteiger partial charge is 0.371 e. The monoisotopic (exact) mass is 361 g/mol. The van der Waals surface area contributed by atoms with Crippen molar-refractivity contribution in [2.45, 2.75) is 12.5 Å². The Labute approximate surface area is 135 Å². The molecule has 2 aromatic carbocycles. The Morgan fingerprint density at radius 3 is 2.64 bits per heavy atom. The van der Waals surface area contributed by atoms with E-state index in [-0.39, 0.29) is 11.3 Å². The summed E-state index contributed by atoms with van der Waals surface area (Å²) in [4.78, 5) is 11.6. The summed E-state index contributed by atoms with van der Waals surface area (Å²) in [6.45, 7) is 0. The number of benzene rings is 2. The van der Waals surface area contributed by atoms with Gasteiger partial charge in [0.05, 0.1) is 11.3 Å². The summed E-state index contributed by atoms with van der Waals surface area (Å²) >= 11 is 3.19. The maximum Gasteiger partial charge on any atom is 0.240 e. The third-order valence-corrected chi connectivity index (χ3v) is 3.79. The van der Waals surface area contributed by atoms with Crippen molar-refractivity contribution < 1.29 is 9.18 Å². The Bertz CT molecular complexity index is 728. The molecule has 22 heavy (non-hydrogen) atoms. The van der Waals surface area contributed by atoms with E-state index in [1.54, 1.807) is 0 Å². The van der Waals surface area contributed by atoms with E-state index in [9.17, 15) is 9.18 Å². The summed E-state index contributed by atoms with van der Waals surface area (Å²) < 4.78 is 14.4. The lowest BCUT2D eigenvalue weighted by atomic mass is 10.0. The molecular formula is C16H13BrFN3O. The molecule has 4 nitrogen and oxygen atoms in total. The fourth-order valence-electron chi connectivity index (χ4n) is 2.00. The number of hydrogen-bond acceptors (Lipinski definition) is 3. The van der Waals surface area contributed by atoms with Crippen LogP contribution in [0.3, 0.4) is 0 Å². The van der Waals surface area contributed by atoms with Crippen molar-refractivity contribution in [3.63, 3.8) is 0 Å². The van der Waals surface area contributed by atoms with Gasteiger partial charge in [-0.2, -0.15) is 5.26 Å². The summed E-state index contributed by atoms with van der Waals surface area (Å²) in [5, 5.41) is 11.7. The molecule has 0 saturated carbocycles. The van der Waals surface area contributed by atoms with Gasteiger partial charge in [-0.3, -0.25) is 4.79 Å². The molecule has 112 valence electrons. The molecule has 2 aromatic rings. The van der Waals surface area contributed by atoms with E-state index in [4.69, 9.17) is 11.0 Å². The van der Waals surface area contributed by atoms with Crippen molar-refractivity contribution in [3.05, 3.63) is 63.9 Å². The number of halogens is 2. The Kier molecular flexibility index (Phi) is 5.12. The molecule has 0 saturated heterocycles. The molecule has 1 unspecified atom stereocenters. The molecule has 0 bridgehead atoms. The zero-order valence-electron chi connectivity index (χ0n) is 11.5. The third-order valence-electron chi connectivity index (χ3n) is 3.13. The fourth-order valence-corrected chi connectivity index (χ4v) is 2.44. The minimum absolute atomic E-state index is 0.116. The van der Waals surface area contributed by atoms with E-state index in [0.717, 1.165) is 11.6 Å². The average molecular weight is 362 g/mol. The van der Waals surface area contributed by atoms with Crippen LogP contribution in [0.5, 0.6) is 0 Å².